The molecule has 100 valence electrons. The summed E-state index contributed by atoms with van der Waals surface area (Å²) in [6.07, 6.45) is -0.757. The predicted octanol–water partition coefficient (Wildman–Crippen LogP) is -0.445. The van der Waals surface area contributed by atoms with Crippen molar-refractivity contribution in [2.45, 2.75) is 11.3 Å². The van der Waals surface area contributed by atoms with Crippen LogP contribution in [0, 0.1) is 17.8 Å². The van der Waals surface area contributed by atoms with E-state index in [1.165, 1.54) is 0 Å². The molecule has 1 fully saturated rings. The quantitative estimate of drug-likeness (QED) is 0.506. The smallest absolute Gasteiger partial charge is 0.325 e. The largest absolute Gasteiger partial charge is 0.481 e. The summed E-state index contributed by atoms with van der Waals surface area (Å²) in [5, 5.41) is 35.5. The van der Waals surface area contributed by atoms with E-state index in [1.54, 1.807) is 0 Å². The van der Waals surface area contributed by atoms with Crippen LogP contribution in [0.2, 0.25) is 0 Å². The summed E-state index contributed by atoms with van der Waals surface area (Å²) >= 11 is 5.64. The van der Waals surface area contributed by atoms with Crippen molar-refractivity contribution in [2.75, 3.05) is 0 Å². The zero-order chi connectivity index (χ0) is 14.2. The minimum Gasteiger partial charge on any atom is -0.481 e. The fourth-order valence-corrected chi connectivity index (χ4v) is 2.61. The average molecular weight is 281 g/mol. The lowest BCUT2D eigenvalue weighted by Crippen LogP contribution is -2.44. The molecule has 0 aliphatic heterocycles. The summed E-state index contributed by atoms with van der Waals surface area (Å²) in [6, 6.07) is 0. The summed E-state index contributed by atoms with van der Waals surface area (Å²) in [4.78, 5) is 41.4. The van der Waals surface area contributed by atoms with E-state index in [0.29, 0.717) is 0 Å². The zero-order valence-corrected chi connectivity index (χ0v) is 9.49. The Morgan fingerprint density at radius 1 is 0.944 bits per heavy atom. The van der Waals surface area contributed by atoms with Crippen LogP contribution < -0.4 is 0 Å². The topological polar surface area (TPSA) is 149 Å². The summed E-state index contributed by atoms with van der Waals surface area (Å²) in [5.41, 5.74) is 0. The van der Waals surface area contributed by atoms with Gasteiger partial charge in [0.05, 0.1) is 11.8 Å². The van der Waals surface area contributed by atoms with Gasteiger partial charge in [-0.15, -0.1) is 11.6 Å². The van der Waals surface area contributed by atoms with Crippen LogP contribution in [-0.2, 0) is 19.2 Å². The Hall–Kier alpha value is -1.83. The third-order valence-electron chi connectivity index (χ3n) is 3.03. The lowest BCUT2D eigenvalue weighted by Gasteiger charge is -2.22. The maximum atomic E-state index is 11.0. The normalized spacial score (nSPS) is 35.1. The number of hydrogen-bond donors (Lipinski definition) is 4. The molecule has 0 aromatic heterocycles. The first kappa shape index (κ1) is 14.2. The average Bonchev–Trinajstić information content (AvgIpc) is 2.53. The molecular formula is C9H9ClO8. The van der Waals surface area contributed by atoms with Crippen LogP contribution in [0.25, 0.3) is 0 Å². The minimum absolute atomic E-state index is 0.757. The van der Waals surface area contributed by atoms with Crippen LogP contribution >= 0.6 is 11.6 Å². The van der Waals surface area contributed by atoms with Gasteiger partial charge in [-0.25, -0.2) is 0 Å². The summed E-state index contributed by atoms with van der Waals surface area (Å²) in [6.45, 7) is 0. The molecule has 4 atom stereocenters. The highest BCUT2D eigenvalue weighted by molar-refractivity contribution is 6.36. The van der Waals surface area contributed by atoms with Crippen molar-refractivity contribution >= 4 is 35.5 Å². The maximum absolute atomic E-state index is 11.0. The number of hydrogen-bond acceptors (Lipinski definition) is 4. The standard InChI is InChI=1S/C9H9ClO8/c10-9(8(17)18)1-2(5(11)12)3(6(13)14)4(9)7(15)16/h2-4H,1H2,(H,11,12)(H,13,14)(H,15,16)(H,17,18). The Bertz CT molecular complexity index is 432. The van der Waals surface area contributed by atoms with Crippen LogP contribution in [-0.4, -0.2) is 49.2 Å². The van der Waals surface area contributed by atoms with E-state index in [0.717, 1.165) is 0 Å². The number of carboxylic acid groups (broad SMARTS) is 4. The third-order valence-corrected chi connectivity index (χ3v) is 3.58. The Labute approximate surface area is 105 Å². The van der Waals surface area contributed by atoms with Gasteiger partial charge in [-0.1, -0.05) is 0 Å². The molecule has 1 aliphatic carbocycles. The number of carbonyl (C=O) groups is 4. The number of alkyl halides is 1. The summed E-state index contributed by atoms with van der Waals surface area (Å²) in [7, 11) is 0. The van der Waals surface area contributed by atoms with Gasteiger partial charge in [-0.2, -0.15) is 0 Å². The predicted molar refractivity (Wildman–Crippen MR) is 54.2 cm³/mol. The van der Waals surface area contributed by atoms with Crippen LogP contribution in [0.3, 0.4) is 0 Å². The molecule has 1 saturated carbocycles. The zero-order valence-electron chi connectivity index (χ0n) is 8.74. The SMILES string of the molecule is O=C(O)C1CC(Cl)(C(=O)O)C(C(=O)O)C1C(=O)O. The van der Waals surface area contributed by atoms with Gasteiger partial charge in [0.15, 0.2) is 4.87 Å². The molecule has 0 aromatic carbocycles. The lowest BCUT2D eigenvalue weighted by atomic mass is 9.86. The highest BCUT2D eigenvalue weighted by atomic mass is 35.5. The van der Waals surface area contributed by atoms with Crippen molar-refractivity contribution in [1.82, 2.24) is 0 Å². The van der Waals surface area contributed by atoms with Crippen molar-refractivity contribution in [3.8, 4) is 0 Å². The Morgan fingerprint density at radius 2 is 1.44 bits per heavy atom. The van der Waals surface area contributed by atoms with Gasteiger partial charge in [0.25, 0.3) is 0 Å². The van der Waals surface area contributed by atoms with Crippen molar-refractivity contribution in [1.29, 1.82) is 0 Å². The lowest BCUT2D eigenvalue weighted by molar-refractivity contribution is -0.160. The molecule has 0 spiro atoms. The maximum Gasteiger partial charge on any atom is 0.325 e. The molecule has 18 heavy (non-hydrogen) atoms. The van der Waals surface area contributed by atoms with Crippen molar-refractivity contribution in [3.05, 3.63) is 0 Å². The fourth-order valence-electron chi connectivity index (χ4n) is 2.22. The summed E-state index contributed by atoms with van der Waals surface area (Å²) < 4.78 is 0. The number of aliphatic carboxylic acids is 4. The van der Waals surface area contributed by atoms with Gasteiger partial charge in [0.2, 0.25) is 0 Å². The Balaban J connectivity index is 3.35. The second-order valence-corrected chi connectivity index (χ2v) is 4.67. The van der Waals surface area contributed by atoms with Crippen LogP contribution in [0.5, 0.6) is 0 Å². The Morgan fingerprint density at radius 3 is 1.72 bits per heavy atom. The minimum atomic E-state index is -2.43. The number of halogens is 1. The van der Waals surface area contributed by atoms with Gasteiger partial charge < -0.3 is 20.4 Å². The molecule has 4 unspecified atom stereocenters. The molecule has 8 nitrogen and oxygen atoms in total. The van der Waals surface area contributed by atoms with E-state index in [2.05, 4.69) is 0 Å². The first-order chi connectivity index (χ1) is 8.12. The highest BCUT2D eigenvalue weighted by Crippen LogP contribution is 2.49. The molecule has 1 rings (SSSR count). The molecule has 0 aromatic rings. The molecule has 0 amide bonds. The number of carboxylic acids is 4. The summed E-state index contributed by atoms with van der Waals surface area (Å²) in [5.74, 6) is -12.3. The van der Waals surface area contributed by atoms with Crippen molar-refractivity contribution in [3.63, 3.8) is 0 Å². The van der Waals surface area contributed by atoms with Gasteiger partial charge in [-0.3, -0.25) is 19.2 Å². The molecule has 0 heterocycles. The second kappa shape index (κ2) is 4.45. The Kier molecular flexibility index (Phi) is 3.52. The fraction of sp³-hybridized carbons (Fsp3) is 0.556. The molecule has 1 aliphatic rings. The van der Waals surface area contributed by atoms with Crippen LogP contribution in [0.4, 0.5) is 0 Å². The highest BCUT2D eigenvalue weighted by Gasteiger charge is 2.65. The van der Waals surface area contributed by atoms with E-state index in [9.17, 15) is 19.2 Å². The van der Waals surface area contributed by atoms with Gasteiger partial charge in [0.1, 0.15) is 5.92 Å². The van der Waals surface area contributed by atoms with Crippen LogP contribution in [0.1, 0.15) is 6.42 Å². The molecule has 0 radical (unpaired) electrons. The molecule has 9 heteroatoms. The number of rotatable bonds is 4. The van der Waals surface area contributed by atoms with Gasteiger partial charge >= 0.3 is 23.9 Å². The van der Waals surface area contributed by atoms with Crippen LogP contribution in [0.15, 0.2) is 0 Å². The van der Waals surface area contributed by atoms with E-state index in [4.69, 9.17) is 32.0 Å². The van der Waals surface area contributed by atoms with E-state index >= 15 is 0 Å². The second-order valence-electron chi connectivity index (χ2n) is 4.00. The van der Waals surface area contributed by atoms with E-state index in [1.807, 2.05) is 0 Å². The van der Waals surface area contributed by atoms with Gasteiger partial charge in [0, 0.05) is 0 Å². The van der Waals surface area contributed by atoms with E-state index in [-0.39, 0.29) is 0 Å². The first-order valence-corrected chi connectivity index (χ1v) is 5.11. The monoisotopic (exact) mass is 280 g/mol. The van der Waals surface area contributed by atoms with Gasteiger partial charge in [-0.05, 0) is 6.42 Å². The molecule has 0 bridgehead atoms. The van der Waals surface area contributed by atoms with Crippen molar-refractivity contribution in [2.24, 2.45) is 17.8 Å². The molecule has 4 N–H and O–H groups in total. The molecular weight excluding hydrogens is 272 g/mol. The van der Waals surface area contributed by atoms with E-state index < -0.39 is 52.9 Å². The first-order valence-electron chi connectivity index (χ1n) is 4.73. The third kappa shape index (κ3) is 1.99. The van der Waals surface area contributed by atoms with Crippen molar-refractivity contribution < 1.29 is 39.6 Å². The molecule has 0 saturated heterocycles.